The SMILES string of the molecule is CCCCC[C@H](F)[C@H](F)C(=O)Nc1ccc(NCc2ccc(O)cc2)c(F)c1N. The van der Waals surface area contributed by atoms with Gasteiger partial charge in [0.2, 0.25) is 6.17 Å². The molecular formula is C21H26F3N3O2. The third-order valence-corrected chi connectivity index (χ3v) is 4.51. The monoisotopic (exact) mass is 409 g/mol. The van der Waals surface area contributed by atoms with Gasteiger partial charge in [-0.25, -0.2) is 13.2 Å². The molecule has 2 aromatic rings. The molecule has 0 saturated heterocycles. The Morgan fingerprint density at radius 2 is 1.76 bits per heavy atom. The molecule has 0 aliphatic carbocycles. The van der Waals surface area contributed by atoms with E-state index in [1.165, 1.54) is 24.3 Å². The number of nitrogens with two attached hydrogens (primary N) is 1. The maximum atomic E-state index is 14.5. The number of phenols is 1. The number of rotatable bonds is 10. The van der Waals surface area contributed by atoms with Crippen LogP contribution in [0.1, 0.15) is 38.2 Å². The summed E-state index contributed by atoms with van der Waals surface area (Å²) in [4.78, 5) is 11.9. The molecule has 2 aromatic carbocycles. The van der Waals surface area contributed by atoms with Gasteiger partial charge in [0.05, 0.1) is 17.1 Å². The smallest absolute Gasteiger partial charge is 0.262 e. The first kappa shape index (κ1) is 22.4. The number of halogens is 3. The van der Waals surface area contributed by atoms with Gasteiger partial charge in [-0.15, -0.1) is 0 Å². The highest BCUT2D eigenvalue weighted by Crippen LogP contribution is 2.29. The first-order valence-electron chi connectivity index (χ1n) is 9.52. The Hall–Kier alpha value is -2.90. The predicted molar refractivity (Wildman–Crippen MR) is 109 cm³/mol. The second kappa shape index (κ2) is 10.6. The second-order valence-corrected chi connectivity index (χ2v) is 6.81. The van der Waals surface area contributed by atoms with Gasteiger partial charge < -0.3 is 21.5 Å². The second-order valence-electron chi connectivity index (χ2n) is 6.81. The van der Waals surface area contributed by atoms with Gasteiger partial charge in [0, 0.05) is 6.54 Å². The summed E-state index contributed by atoms with van der Waals surface area (Å²) in [5, 5.41) is 14.3. The number of anilines is 3. The third-order valence-electron chi connectivity index (χ3n) is 4.51. The topological polar surface area (TPSA) is 87.4 Å². The van der Waals surface area contributed by atoms with Crippen LogP contribution in [0.5, 0.6) is 5.75 Å². The van der Waals surface area contributed by atoms with Crippen LogP contribution in [-0.4, -0.2) is 23.4 Å². The van der Waals surface area contributed by atoms with Crippen LogP contribution in [0, 0.1) is 5.82 Å². The molecule has 0 fully saturated rings. The van der Waals surface area contributed by atoms with E-state index in [1.54, 1.807) is 12.1 Å². The summed E-state index contributed by atoms with van der Waals surface area (Å²) in [7, 11) is 0. The van der Waals surface area contributed by atoms with Crippen LogP contribution >= 0.6 is 0 Å². The van der Waals surface area contributed by atoms with Crippen LogP contribution < -0.4 is 16.4 Å². The average Bonchev–Trinajstić information content (AvgIpc) is 2.71. The Bertz CT molecular complexity index is 816. The fraction of sp³-hybridized carbons (Fsp3) is 0.381. The Morgan fingerprint density at radius 1 is 1.10 bits per heavy atom. The van der Waals surface area contributed by atoms with Gasteiger partial charge in [-0.3, -0.25) is 4.79 Å². The number of aromatic hydroxyl groups is 1. The zero-order chi connectivity index (χ0) is 21.4. The van der Waals surface area contributed by atoms with Gasteiger partial charge >= 0.3 is 0 Å². The number of unbranched alkanes of at least 4 members (excludes halogenated alkanes) is 2. The number of benzene rings is 2. The quantitative estimate of drug-likeness (QED) is 0.331. The molecule has 0 unspecified atom stereocenters. The number of carbonyl (C=O) groups is 1. The standard InChI is InChI=1S/C21H26F3N3O2/c1-2-3-4-5-15(22)18(23)21(29)27-17-11-10-16(19(24)20(17)25)26-12-13-6-8-14(28)9-7-13/h6-11,15,18,26,28H,2-5,12,25H2,1H3,(H,27,29)/t15-,18-/m0/s1. The minimum atomic E-state index is -2.35. The van der Waals surface area contributed by atoms with E-state index in [0.717, 1.165) is 18.4 Å². The lowest BCUT2D eigenvalue weighted by Crippen LogP contribution is -2.32. The van der Waals surface area contributed by atoms with E-state index in [2.05, 4.69) is 10.6 Å². The van der Waals surface area contributed by atoms with E-state index < -0.39 is 24.1 Å². The summed E-state index contributed by atoms with van der Waals surface area (Å²) in [5.74, 6) is -1.88. The van der Waals surface area contributed by atoms with Crippen molar-refractivity contribution in [2.24, 2.45) is 0 Å². The molecule has 0 aliphatic rings. The molecule has 0 saturated carbocycles. The Labute approximate surface area is 168 Å². The van der Waals surface area contributed by atoms with E-state index in [4.69, 9.17) is 5.73 Å². The zero-order valence-corrected chi connectivity index (χ0v) is 16.2. The predicted octanol–water partition coefficient (Wildman–Crippen LogP) is 4.92. The van der Waals surface area contributed by atoms with Gasteiger partial charge in [-0.05, 0) is 36.2 Å². The average molecular weight is 409 g/mol. The van der Waals surface area contributed by atoms with Gasteiger partial charge in [-0.1, -0.05) is 38.3 Å². The fourth-order valence-corrected chi connectivity index (χ4v) is 2.75. The molecule has 2 rings (SSSR count). The van der Waals surface area contributed by atoms with E-state index >= 15 is 0 Å². The van der Waals surface area contributed by atoms with Crippen molar-refractivity contribution in [3.8, 4) is 5.75 Å². The molecule has 0 bridgehead atoms. The molecule has 5 nitrogen and oxygen atoms in total. The normalized spacial score (nSPS) is 13.0. The molecule has 8 heteroatoms. The van der Waals surface area contributed by atoms with Crippen molar-refractivity contribution in [3.05, 3.63) is 47.8 Å². The van der Waals surface area contributed by atoms with Crippen molar-refractivity contribution in [2.45, 2.75) is 51.5 Å². The van der Waals surface area contributed by atoms with Crippen LogP contribution in [0.15, 0.2) is 36.4 Å². The van der Waals surface area contributed by atoms with E-state index in [9.17, 15) is 23.1 Å². The van der Waals surface area contributed by atoms with Gasteiger partial charge in [0.25, 0.3) is 5.91 Å². The highest BCUT2D eigenvalue weighted by atomic mass is 19.2. The Balaban J connectivity index is 1.99. The highest BCUT2D eigenvalue weighted by molar-refractivity contribution is 5.97. The first-order valence-corrected chi connectivity index (χ1v) is 9.52. The van der Waals surface area contributed by atoms with Crippen molar-refractivity contribution in [2.75, 3.05) is 16.4 Å². The minimum absolute atomic E-state index is 0.0492. The summed E-state index contributed by atoms with van der Waals surface area (Å²) in [6.45, 7) is 2.21. The molecule has 0 spiro atoms. The zero-order valence-electron chi connectivity index (χ0n) is 16.2. The van der Waals surface area contributed by atoms with Crippen LogP contribution in [0.25, 0.3) is 0 Å². The molecule has 5 N–H and O–H groups in total. The Kier molecular flexibility index (Phi) is 8.18. The molecule has 29 heavy (non-hydrogen) atoms. The summed E-state index contributed by atoms with van der Waals surface area (Å²) in [6, 6.07) is 9.04. The molecule has 0 heterocycles. The molecule has 0 radical (unpaired) electrons. The molecular weight excluding hydrogens is 383 g/mol. The molecule has 0 aromatic heterocycles. The molecule has 0 aliphatic heterocycles. The van der Waals surface area contributed by atoms with Gasteiger partial charge in [0.15, 0.2) is 5.82 Å². The summed E-state index contributed by atoms with van der Waals surface area (Å²) in [5.41, 5.74) is 6.12. The summed E-state index contributed by atoms with van der Waals surface area (Å²) in [6.07, 6.45) is -2.21. The molecule has 2 atom stereocenters. The van der Waals surface area contributed by atoms with Crippen LogP contribution in [0.3, 0.4) is 0 Å². The molecule has 158 valence electrons. The largest absolute Gasteiger partial charge is 0.508 e. The fourth-order valence-electron chi connectivity index (χ4n) is 2.75. The van der Waals surface area contributed by atoms with Gasteiger partial charge in [0.1, 0.15) is 11.9 Å². The summed E-state index contributed by atoms with van der Waals surface area (Å²) >= 11 is 0. The number of carbonyl (C=O) groups excluding carboxylic acids is 1. The number of nitrogens with one attached hydrogen (secondary N) is 2. The maximum absolute atomic E-state index is 14.5. The van der Waals surface area contributed by atoms with Crippen LogP contribution in [-0.2, 0) is 11.3 Å². The maximum Gasteiger partial charge on any atom is 0.262 e. The number of phenolic OH excluding ortho intramolecular Hbond substituents is 1. The van der Waals surface area contributed by atoms with E-state index in [-0.39, 0.29) is 35.8 Å². The van der Waals surface area contributed by atoms with E-state index in [0.29, 0.717) is 6.42 Å². The number of amides is 1. The van der Waals surface area contributed by atoms with Crippen molar-refractivity contribution in [1.82, 2.24) is 0 Å². The Morgan fingerprint density at radius 3 is 2.41 bits per heavy atom. The number of nitrogen functional groups attached to an aromatic ring is 1. The number of hydrogen-bond acceptors (Lipinski definition) is 4. The van der Waals surface area contributed by atoms with Crippen LogP contribution in [0.2, 0.25) is 0 Å². The van der Waals surface area contributed by atoms with E-state index in [1.807, 2.05) is 6.92 Å². The lowest BCUT2D eigenvalue weighted by Gasteiger charge is -2.16. The minimum Gasteiger partial charge on any atom is -0.508 e. The number of alkyl halides is 2. The van der Waals surface area contributed by atoms with Gasteiger partial charge in [-0.2, -0.15) is 0 Å². The van der Waals surface area contributed by atoms with Crippen molar-refractivity contribution >= 4 is 23.0 Å². The third kappa shape index (κ3) is 6.30. The first-order chi connectivity index (χ1) is 13.8. The summed E-state index contributed by atoms with van der Waals surface area (Å²) < 4.78 is 42.3. The highest BCUT2D eigenvalue weighted by Gasteiger charge is 2.28. The van der Waals surface area contributed by atoms with Crippen molar-refractivity contribution in [3.63, 3.8) is 0 Å². The van der Waals surface area contributed by atoms with Crippen molar-refractivity contribution in [1.29, 1.82) is 0 Å². The van der Waals surface area contributed by atoms with Crippen molar-refractivity contribution < 1.29 is 23.1 Å². The lowest BCUT2D eigenvalue weighted by atomic mass is 10.1. The number of hydrogen-bond donors (Lipinski definition) is 4. The molecule has 1 amide bonds. The lowest BCUT2D eigenvalue weighted by molar-refractivity contribution is -0.123. The van der Waals surface area contributed by atoms with Crippen LogP contribution in [0.4, 0.5) is 30.2 Å².